The van der Waals surface area contributed by atoms with Gasteiger partial charge in [0.1, 0.15) is 0 Å². The molecule has 0 aliphatic heterocycles. The molecule has 1 N–H and O–H groups in total. The summed E-state index contributed by atoms with van der Waals surface area (Å²) in [6.45, 7) is 0. The minimum absolute atomic E-state index is 0.206. The van der Waals surface area contributed by atoms with E-state index in [4.69, 9.17) is 9.47 Å². The van der Waals surface area contributed by atoms with Crippen molar-refractivity contribution in [3.05, 3.63) is 72.3 Å². The number of methoxy groups -OCH3 is 2. The van der Waals surface area contributed by atoms with E-state index in [-0.39, 0.29) is 5.56 Å². The molecule has 0 aliphatic rings. The van der Waals surface area contributed by atoms with Crippen LogP contribution in [0.3, 0.4) is 0 Å². The average Bonchev–Trinajstić information content (AvgIpc) is 2.71. The fourth-order valence-corrected chi connectivity index (χ4v) is 3.57. The van der Waals surface area contributed by atoms with Gasteiger partial charge in [-0.15, -0.1) is 0 Å². The van der Waals surface area contributed by atoms with Crippen LogP contribution in [-0.2, 0) is 0 Å². The van der Waals surface area contributed by atoms with Crippen molar-refractivity contribution in [2.45, 2.75) is 0 Å². The Kier molecular flexibility index (Phi) is 4.16. The predicted octanol–water partition coefficient (Wildman–Crippen LogP) is 5.38. The van der Waals surface area contributed by atoms with Crippen LogP contribution in [-0.4, -0.2) is 25.3 Å². The molecule has 4 nitrogen and oxygen atoms in total. The van der Waals surface area contributed by atoms with E-state index >= 15 is 0 Å². The summed E-state index contributed by atoms with van der Waals surface area (Å²) in [7, 11) is 3.12. The predicted molar refractivity (Wildman–Crippen MR) is 107 cm³/mol. The van der Waals surface area contributed by atoms with Crippen LogP contribution in [0, 0.1) is 0 Å². The standard InChI is InChI=1S/C23H18O4/c1-26-21-11-10-18-19(12-15(23(24)25)13-20(18)22(21)27-2)17-9-5-7-14-6-3-4-8-16(14)17/h3-13H,1-2H3,(H,24,25). The maximum atomic E-state index is 11.8. The number of aromatic carboxylic acids is 1. The lowest BCUT2D eigenvalue weighted by molar-refractivity contribution is 0.0697. The van der Waals surface area contributed by atoms with Crippen LogP contribution in [0.2, 0.25) is 0 Å². The highest BCUT2D eigenvalue weighted by Gasteiger charge is 2.17. The Hall–Kier alpha value is -3.53. The number of rotatable bonds is 4. The Morgan fingerprint density at radius 1 is 0.778 bits per heavy atom. The van der Waals surface area contributed by atoms with Crippen LogP contribution in [0.1, 0.15) is 10.4 Å². The third-order valence-electron chi connectivity index (χ3n) is 4.80. The van der Waals surface area contributed by atoms with Gasteiger partial charge in [0, 0.05) is 5.39 Å². The van der Waals surface area contributed by atoms with Crippen molar-refractivity contribution < 1.29 is 19.4 Å². The summed E-state index contributed by atoms with van der Waals surface area (Å²) < 4.78 is 10.9. The molecule has 4 rings (SSSR count). The number of fused-ring (bicyclic) bond motifs is 2. The largest absolute Gasteiger partial charge is 0.493 e. The molecule has 0 aromatic heterocycles. The molecule has 4 aromatic carbocycles. The molecule has 0 spiro atoms. The minimum Gasteiger partial charge on any atom is -0.493 e. The SMILES string of the molecule is COc1ccc2c(-c3cccc4ccccc34)cc(C(=O)O)cc2c1OC. The van der Waals surface area contributed by atoms with Gasteiger partial charge < -0.3 is 14.6 Å². The lowest BCUT2D eigenvalue weighted by atomic mass is 9.91. The summed E-state index contributed by atoms with van der Waals surface area (Å²) in [6, 6.07) is 21.3. The van der Waals surface area contributed by atoms with E-state index in [2.05, 4.69) is 0 Å². The first-order chi connectivity index (χ1) is 13.1. The molecule has 0 fully saturated rings. The molecule has 0 unspecified atom stereocenters. The molecule has 27 heavy (non-hydrogen) atoms. The summed E-state index contributed by atoms with van der Waals surface area (Å²) in [5.74, 6) is 0.110. The van der Waals surface area contributed by atoms with Crippen molar-refractivity contribution in [2.24, 2.45) is 0 Å². The van der Waals surface area contributed by atoms with Crippen LogP contribution < -0.4 is 9.47 Å². The van der Waals surface area contributed by atoms with Crippen LogP contribution in [0.5, 0.6) is 11.5 Å². The minimum atomic E-state index is -0.983. The second-order valence-electron chi connectivity index (χ2n) is 6.25. The van der Waals surface area contributed by atoms with Gasteiger partial charge in [0.2, 0.25) is 0 Å². The van der Waals surface area contributed by atoms with Gasteiger partial charge in [-0.2, -0.15) is 0 Å². The van der Waals surface area contributed by atoms with Crippen molar-refractivity contribution in [1.82, 2.24) is 0 Å². The molecule has 0 saturated heterocycles. The molecule has 4 heteroatoms. The van der Waals surface area contributed by atoms with Gasteiger partial charge in [-0.1, -0.05) is 42.5 Å². The summed E-state index contributed by atoms with van der Waals surface area (Å²) in [6.07, 6.45) is 0. The first-order valence-corrected chi connectivity index (χ1v) is 8.54. The zero-order valence-electron chi connectivity index (χ0n) is 15.0. The summed E-state index contributed by atoms with van der Waals surface area (Å²) in [4.78, 5) is 11.8. The van der Waals surface area contributed by atoms with Crippen LogP contribution in [0.25, 0.3) is 32.7 Å². The van der Waals surface area contributed by atoms with E-state index in [0.717, 1.165) is 27.3 Å². The first kappa shape index (κ1) is 16.9. The van der Waals surface area contributed by atoms with Gasteiger partial charge in [-0.25, -0.2) is 4.79 Å². The molecule has 0 saturated carbocycles. The second-order valence-corrected chi connectivity index (χ2v) is 6.25. The van der Waals surface area contributed by atoms with E-state index in [1.54, 1.807) is 26.4 Å². The first-order valence-electron chi connectivity index (χ1n) is 8.54. The van der Waals surface area contributed by atoms with Crippen molar-refractivity contribution in [3.8, 4) is 22.6 Å². The topological polar surface area (TPSA) is 55.8 Å². The van der Waals surface area contributed by atoms with E-state index in [0.29, 0.717) is 16.9 Å². The molecule has 0 heterocycles. The van der Waals surface area contributed by atoms with E-state index in [1.807, 2.05) is 54.6 Å². The maximum Gasteiger partial charge on any atom is 0.335 e. The number of ether oxygens (including phenoxy) is 2. The Balaban J connectivity index is 2.15. The summed E-state index contributed by atoms with van der Waals surface area (Å²) in [5, 5.41) is 13.4. The van der Waals surface area contributed by atoms with Gasteiger partial charge in [0.25, 0.3) is 0 Å². The summed E-state index contributed by atoms with van der Waals surface area (Å²) in [5.41, 5.74) is 2.04. The number of hydrogen-bond donors (Lipinski definition) is 1. The molecule has 0 atom stereocenters. The van der Waals surface area contributed by atoms with Crippen molar-refractivity contribution >= 4 is 27.5 Å². The number of hydrogen-bond acceptors (Lipinski definition) is 3. The molecule has 0 bridgehead atoms. The fraction of sp³-hybridized carbons (Fsp3) is 0.0870. The second kappa shape index (κ2) is 6.65. The van der Waals surface area contributed by atoms with E-state index < -0.39 is 5.97 Å². The average molecular weight is 358 g/mol. The van der Waals surface area contributed by atoms with Gasteiger partial charge >= 0.3 is 5.97 Å². The van der Waals surface area contributed by atoms with Crippen molar-refractivity contribution in [1.29, 1.82) is 0 Å². The number of carbonyl (C=O) groups is 1. The number of carboxylic acids is 1. The highest BCUT2D eigenvalue weighted by molar-refractivity contribution is 6.10. The Bertz CT molecular complexity index is 1170. The Morgan fingerprint density at radius 3 is 2.30 bits per heavy atom. The van der Waals surface area contributed by atoms with Crippen molar-refractivity contribution in [2.75, 3.05) is 14.2 Å². The molecule has 0 aliphatic carbocycles. The van der Waals surface area contributed by atoms with Crippen LogP contribution in [0.15, 0.2) is 66.7 Å². The van der Waals surface area contributed by atoms with E-state index in [9.17, 15) is 9.90 Å². The lowest BCUT2D eigenvalue weighted by Crippen LogP contribution is -1.99. The summed E-state index contributed by atoms with van der Waals surface area (Å²) >= 11 is 0. The molecule has 4 aromatic rings. The molecule has 0 amide bonds. The Morgan fingerprint density at radius 2 is 1.56 bits per heavy atom. The molecular formula is C23H18O4. The lowest BCUT2D eigenvalue weighted by Gasteiger charge is -2.16. The van der Waals surface area contributed by atoms with Gasteiger partial charge in [0.05, 0.1) is 19.8 Å². The number of carboxylic acid groups (broad SMARTS) is 1. The zero-order valence-corrected chi connectivity index (χ0v) is 15.0. The van der Waals surface area contributed by atoms with Gasteiger partial charge in [-0.05, 0) is 51.6 Å². The number of benzene rings is 4. The third-order valence-corrected chi connectivity index (χ3v) is 4.80. The van der Waals surface area contributed by atoms with Crippen molar-refractivity contribution in [3.63, 3.8) is 0 Å². The smallest absolute Gasteiger partial charge is 0.335 e. The normalized spacial score (nSPS) is 10.9. The maximum absolute atomic E-state index is 11.8. The fourth-order valence-electron chi connectivity index (χ4n) is 3.57. The highest BCUT2D eigenvalue weighted by atomic mass is 16.5. The Labute approximate surface area is 156 Å². The van der Waals surface area contributed by atoms with Crippen LogP contribution in [0.4, 0.5) is 0 Å². The zero-order chi connectivity index (χ0) is 19.0. The van der Waals surface area contributed by atoms with Crippen LogP contribution >= 0.6 is 0 Å². The molecular weight excluding hydrogens is 340 g/mol. The van der Waals surface area contributed by atoms with Gasteiger partial charge in [0.15, 0.2) is 11.5 Å². The molecule has 0 radical (unpaired) electrons. The quantitative estimate of drug-likeness (QED) is 0.532. The third kappa shape index (κ3) is 2.75. The molecule has 134 valence electrons. The monoisotopic (exact) mass is 358 g/mol. The highest BCUT2D eigenvalue weighted by Crippen LogP contribution is 2.41. The van der Waals surface area contributed by atoms with E-state index in [1.165, 1.54) is 0 Å². The van der Waals surface area contributed by atoms with Gasteiger partial charge in [-0.3, -0.25) is 0 Å².